The summed E-state index contributed by atoms with van der Waals surface area (Å²) in [6.07, 6.45) is 5.73. The summed E-state index contributed by atoms with van der Waals surface area (Å²) in [7, 11) is 0. The Kier molecular flexibility index (Phi) is 4.16. The molecule has 3 heteroatoms. The second-order valence-electron chi connectivity index (χ2n) is 5.50. The van der Waals surface area contributed by atoms with Crippen LogP contribution in [0, 0.1) is 12.3 Å². The maximum Gasteiger partial charge on any atom is 0.131 e. The molecule has 1 fully saturated rings. The molecule has 1 aliphatic heterocycles. The number of rotatable bonds is 4. The van der Waals surface area contributed by atoms with Gasteiger partial charge in [0.1, 0.15) is 5.82 Å². The summed E-state index contributed by atoms with van der Waals surface area (Å²) in [5.74, 6) is 1.69. The lowest BCUT2D eigenvalue weighted by Crippen LogP contribution is -2.27. The molecule has 1 aliphatic rings. The Hall–Kier alpha value is -0.760. The zero-order valence-electron chi connectivity index (χ0n) is 11.7. The molecule has 0 N–H and O–H groups in total. The van der Waals surface area contributed by atoms with Gasteiger partial charge in [-0.1, -0.05) is 13.8 Å². The van der Waals surface area contributed by atoms with Crippen LogP contribution in [0.2, 0.25) is 0 Å². The second-order valence-corrected chi connectivity index (χ2v) is 5.76. The molecular weight excluding hydrogens is 244 g/mol. The third-order valence-corrected chi connectivity index (χ3v) is 4.81. The van der Waals surface area contributed by atoms with Crippen molar-refractivity contribution in [2.75, 3.05) is 18.0 Å². The van der Waals surface area contributed by atoms with E-state index in [0.29, 0.717) is 11.3 Å². The van der Waals surface area contributed by atoms with Gasteiger partial charge in [0.25, 0.3) is 0 Å². The van der Waals surface area contributed by atoms with Crippen LogP contribution in [0.15, 0.2) is 12.3 Å². The molecule has 0 saturated carbocycles. The lowest BCUT2D eigenvalue weighted by Gasteiger charge is -2.27. The summed E-state index contributed by atoms with van der Waals surface area (Å²) < 4.78 is 0. The van der Waals surface area contributed by atoms with Crippen molar-refractivity contribution in [2.45, 2.75) is 45.9 Å². The molecule has 2 heterocycles. The summed E-state index contributed by atoms with van der Waals surface area (Å²) in [4.78, 5) is 7.05. The van der Waals surface area contributed by atoms with Gasteiger partial charge >= 0.3 is 0 Å². The van der Waals surface area contributed by atoms with Crippen LogP contribution in [-0.4, -0.2) is 18.1 Å². The standard InChI is InChI=1S/C15H23ClN2/c1-4-15(5-2)6-7-18(11-15)14-12(3)8-13(9-16)10-17-14/h8,10H,4-7,9,11H2,1-3H3. The molecule has 0 unspecified atom stereocenters. The van der Waals surface area contributed by atoms with Crippen LogP contribution in [0.5, 0.6) is 0 Å². The SMILES string of the molecule is CCC1(CC)CCN(c2ncc(CCl)cc2C)C1. The topological polar surface area (TPSA) is 16.1 Å². The number of aryl methyl sites for hydroxylation is 1. The fraction of sp³-hybridized carbons (Fsp3) is 0.667. The van der Waals surface area contributed by atoms with Crippen LogP contribution < -0.4 is 4.90 Å². The largest absolute Gasteiger partial charge is 0.356 e. The molecule has 0 radical (unpaired) electrons. The van der Waals surface area contributed by atoms with E-state index in [0.717, 1.165) is 24.5 Å². The van der Waals surface area contributed by atoms with E-state index in [1.807, 2.05) is 6.20 Å². The molecule has 1 aromatic rings. The molecule has 0 aromatic carbocycles. The highest BCUT2D eigenvalue weighted by Crippen LogP contribution is 2.39. The average Bonchev–Trinajstić information content (AvgIpc) is 2.83. The summed E-state index contributed by atoms with van der Waals surface area (Å²) in [5, 5.41) is 0. The quantitative estimate of drug-likeness (QED) is 0.762. The summed E-state index contributed by atoms with van der Waals surface area (Å²) in [5.41, 5.74) is 2.85. The maximum absolute atomic E-state index is 5.85. The Bertz CT molecular complexity index is 413. The van der Waals surface area contributed by atoms with Gasteiger partial charge in [0.05, 0.1) is 0 Å². The van der Waals surface area contributed by atoms with Gasteiger partial charge in [-0.25, -0.2) is 4.98 Å². The number of pyridine rings is 1. The highest BCUT2D eigenvalue weighted by molar-refractivity contribution is 6.17. The average molecular weight is 267 g/mol. The Labute approximate surface area is 115 Å². The van der Waals surface area contributed by atoms with Gasteiger partial charge in [0, 0.05) is 25.2 Å². The number of hydrogen-bond acceptors (Lipinski definition) is 2. The van der Waals surface area contributed by atoms with Crippen molar-refractivity contribution in [1.29, 1.82) is 0 Å². The lowest BCUT2D eigenvalue weighted by atomic mass is 9.82. The first-order chi connectivity index (χ1) is 8.64. The monoisotopic (exact) mass is 266 g/mol. The molecule has 18 heavy (non-hydrogen) atoms. The first-order valence-corrected chi connectivity index (χ1v) is 7.44. The highest BCUT2D eigenvalue weighted by atomic mass is 35.5. The number of halogens is 1. The maximum atomic E-state index is 5.85. The van der Waals surface area contributed by atoms with E-state index in [1.54, 1.807) is 0 Å². The van der Waals surface area contributed by atoms with Crippen molar-refractivity contribution in [2.24, 2.45) is 5.41 Å². The van der Waals surface area contributed by atoms with Crippen molar-refractivity contribution in [1.82, 2.24) is 4.98 Å². The van der Waals surface area contributed by atoms with Crippen LogP contribution in [0.3, 0.4) is 0 Å². The fourth-order valence-electron chi connectivity index (χ4n) is 2.97. The molecular formula is C15H23ClN2. The van der Waals surface area contributed by atoms with Crippen LogP contribution in [0.4, 0.5) is 5.82 Å². The zero-order valence-corrected chi connectivity index (χ0v) is 12.4. The summed E-state index contributed by atoms with van der Waals surface area (Å²) in [6.45, 7) is 9.04. The number of nitrogens with zero attached hydrogens (tertiary/aromatic N) is 2. The molecule has 0 aliphatic carbocycles. The molecule has 0 bridgehead atoms. The molecule has 100 valence electrons. The van der Waals surface area contributed by atoms with E-state index in [-0.39, 0.29) is 0 Å². The number of alkyl halides is 1. The molecule has 0 spiro atoms. The van der Waals surface area contributed by atoms with Crippen LogP contribution >= 0.6 is 11.6 Å². The number of anilines is 1. The van der Waals surface area contributed by atoms with E-state index >= 15 is 0 Å². The number of aromatic nitrogens is 1. The van der Waals surface area contributed by atoms with Gasteiger partial charge in [-0.05, 0) is 48.8 Å². The minimum absolute atomic E-state index is 0.499. The molecule has 1 saturated heterocycles. The number of hydrogen-bond donors (Lipinski definition) is 0. The van der Waals surface area contributed by atoms with Gasteiger partial charge < -0.3 is 4.90 Å². The van der Waals surface area contributed by atoms with Gasteiger partial charge in [0.15, 0.2) is 0 Å². The summed E-state index contributed by atoms with van der Waals surface area (Å²) >= 11 is 5.85. The van der Waals surface area contributed by atoms with Crippen LogP contribution in [0.1, 0.15) is 44.2 Å². The molecule has 2 nitrogen and oxygen atoms in total. The van der Waals surface area contributed by atoms with Crippen LogP contribution in [0.25, 0.3) is 0 Å². The van der Waals surface area contributed by atoms with Gasteiger partial charge in [0.2, 0.25) is 0 Å². The van der Waals surface area contributed by atoms with Crippen molar-refractivity contribution < 1.29 is 0 Å². The molecule has 2 rings (SSSR count). The van der Waals surface area contributed by atoms with E-state index in [1.165, 1.54) is 24.8 Å². The van der Waals surface area contributed by atoms with Crippen LogP contribution in [-0.2, 0) is 5.88 Å². The lowest BCUT2D eigenvalue weighted by molar-refractivity contribution is 0.301. The van der Waals surface area contributed by atoms with Gasteiger partial charge in [-0.15, -0.1) is 11.6 Å². The van der Waals surface area contributed by atoms with Gasteiger partial charge in [-0.3, -0.25) is 0 Å². The van der Waals surface area contributed by atoms with Crippen molar-refractivity contribution >= 4 is 17.4 Å². The Morgan fingerprint density at radius 1 is 1.39 bits per heavy atom. The van der Waals surface area contributed by atoms with E-state index in [4.69, 9.17) is 11.6 Å². The normalized spacial score (nSPS) is 18.3. The molecule has 0 amide bonds. The zero-order chi connectivity index (χ0) is 13.2. The second kappa shape index (κ2) is 5.48. The smallest absolute Gasteiger partial charge is 0.131 e. The van der Waals surface area contributed by atoms with Crippen molar-refractivity contribution in [3.05, 3.63) is 23.4 Å². The van der Waals surface area contributed by atoms with Gasteiger partial charge in [-0.2, -0.15) is 0 Å². The Balaban J connectivity index is 2.19. The minimum Gasteiger partial charge on any atom is -0.356 e. The van der Waals surface area contributed by atoms with E-state index < -0.39 is 0 Å². The van der Waals surface area contributed by atoms with E-state index in [2.05, 4.69) is 36.7 Å². The fourth-order valence-corrected chi connectivity index (χ4v) is 3.12. The Morgan fingerprint density at radius 2 is 2.11 bits per heavy atom. The molecule has 0 atom stereocenters. The highest BCUT2D eigenvalue weighted by Gasteiger charge is 2.35. The van der Waals surface area contributed by atoms with Crippen molar-refractivity contribution in [3.8, 4) is 0 Å². The first kappa shape index (κ1) is 13.7. The first-order valence-electron chi connectivity index (χ1n) is 6.90. The van der Waals surface area contributed by atoms with Crippen molar-refractivity contribution in [3.63, 3.8) is 0 Å². The summed E-state index contributed by atoms with van der Waals surface area (Å²) in [6, 6.07) is 2.16. The third kappa shape index (κ3) is 2.49. The molecule has 1 aromatic heterocycles. The predicted octanol–water partition coefficient (Wildman–Crippen LogP) is 4.15. The Morgan fingerprint density at radius 3 is 2.61 bits per heavy atom. The third-order valence-electron chi connectivity index (χ3n) is 4.50. The minimum atomic E-state index is 0.499. The predicted molar refractivity (Wildman–Crippen MR) is 78.4 cm³/mol. The van der Waals surface area contributed by atoms with E-state index in [9.17, 15) is 0 Å².